The number of fused-ring (bicyclic) bond motifs is 1. The molecule has 2 unspecified atom stereocenters. The van der Waals surface area contributed by atoms with Gasteiger partial charge in [-0.1, -0.05) is 67.6 Å². The molecule has 3 heteroatoms. The van der Waals surface area contributed by atoms with Crippen molar-refractivity contribution in [3.05, 3.63) is 42.0 Å². The van der Waals surface area contributed by atoms with Crippen molar-refractivity contribution < 1.29 is 9.47 Å². The Morgan fingerprint density at radius 2 is 1.71 bits per heavy atom. The Balaban J connectivity index is 2.26. The molecule has 21 heavy (non-hydrogen) atoms. The van der Waals surface area contributed by atoms with E-state index in [1.807, 2.05) is 6.07 Å². The molecule has 0 fully saturated rings. The number of hydrogen-bond donors (Lipinski definition) is 0. The zero-order chi connectivity index (χ0) is 15.4. The summed E-state index contributed by atoms with van der Waals surface area (Å²) in [5.41, 5.74) is 1.39. The van der Waals surface area contributed by atoms with E-state index < -0.39 is 0 Å². The largest absolute Gasteiger partial charge is 0.465 e. The fraction of sp³-hybridized carbons (Fsp3) is 0.444. The first-order chi connectivity index (χ1) is 10.0. The van der Waals surface area contributed by atoms with Crippen molar-refractivity contribution in [2.24, 2.45) is 5.92 Å². The maximum absolute atomic E-state index is 5.91. The van der Waals surface area contributed by atoms with Gasteiger partial charge >= 0.3 is 0 Å². The molecule has 2 aromatic carbocycles. The molecule has 2 aromatic rings. The van der Waals surface area contributed by atoms with Gasteiger partial charge in [0.05, 0.1) is 0 Å². The van der Waals surface area contributed by atoms with Gasteiger partial charge in [-0.2, -0.15) is 0 Å². The summed E-state index contributed by atoms with van der Waals surface area (Å²) in [6.07, 6.45) is 0.942. The lowest BCUT2D eigenvalue weighted by Crippen LogP contribution is -2.24. The van der Waals surface area contributed by atoms with Gasteiger partial charge in [0.25, 0.3) is 0 Å². The molecule has 0 heterocycles. The Labute approximate surface area is 141 Å². The number of halogens is 1. The summed E-state index contributed by atoms with van der Waals surface area (Å²) in [6.45, 7) is 6.40. The summed E-state index contributed by atoms with van der Waals surface area (Å²) in [5, 5.41) is 2.46. The monoisotopic (exact) mass is 398 g/mol. The average Bonchev–Trinajstić information content (AvgIpc) is 2.50. The minimum absolute atomic E-state index is 0.208. The van der Waals surface area contributed by atoms with Crippen LogP contribution in [-0.4, -0.2) is 13.4 Å². The second-order valence-electron chi connectivity index (χ2n) is 5.61. The Bertz CT molecular complexity index is 595. The zero-order valence-electron chi connectivity index (χ0n) is 13.1. The van der Waals surface area contributed by atoms with Crippen LogP contribution in [0.4, 0.5) is 0 Å². The van der Waals surface area contributed by atoms with E-state index in [1.165, 1.54) is 16.3 Å². The predicted molar refractivity (Wildman–Crippen MR) is 97.3 cm³/mol. The average molecular weight is 398 g/mol. The maximum Gasteiger partial charge on any atom is 0.201 e. The first kappa shape index (κ1) is 16.6. The SMILES string of the molecule is CCC(I)c1ccc2cc(OC(OC)C(C)C)ccc2c1. The third kappa shape index (κ3) is 4.10. The number of benzene rings is 2. The van der Waals surface area contributed by atoms with E-state index in [4.69, 9.17) is 9.47 Å². The lowest BCUT2D eigenvalue weighted by atomic mass is 10.0. The molecule has 0 amide bonds. The summed E-state index contributed by atoms with van der Waals surface area (Å²) in [4.78, 5) is 0. The first-order valence-corrected chi connectivity index (χ1v) is 8.67. The molecule has 2 atom stereocenters. The smallest absolute Gasteiger partial charge is 0.201 e. The third-order valence-corrected chi connectivity index (χ3v) is 5.18. The Morgan fingerprint density at radius 1 is 1.05 bits per heavy atom. The molecule has 2 nitrogen and oxygen atoms in total. The van der Waals surface area contributed by atoms with Gasteiger partial charge in [0.2, 0.25) is 6.29 Å². The molecule has 0 radical (unpaired) electrons. The van der Waals surface area contributed by atoms with E-state index in [0.29, 0.717) is 9.84 Å². The van der Waals surface area contributed by atoms with E-state index in [9.17, 15) is 0 Å². The molecule has 2 rings (SSSR count). The highest BCUT2D eigenvalue weighted by atomic mass is 127. The molecule has 0 saturated heterocycles. The number of methoxy groups -OCH3 is 1. The number of hydrogen-bond acceptors (Lipinski definition) is 2. The molecular weight excluding hydrogens is 375 g/mol. The van der Waals surface area contributed by atoms with Gasteiger partial charge in [-0.05, 0) is 34.9 Å². The topological polar surface area (TPSA) is 18.5 Å². The van der Waals surface area contributed by atoms with Gasteiger partial charge in [0.15, 0.2) is 0 Å². The fourth-order valence-electron chi connectivity index (χ4n) is 2.34. The molecule has 0 aliphatic rings. The lowest BCUT2D eigenvalue weighted by Gasteiger charge is -2.21. The number of rotatable bonds is 6. The highest BCUT2D eigenvalue weighted by molar-refractivity contribution is 14.1. The van der Waals surface area contributed by atoms with Crippen molar-refractivity contribution in [2.75, 3.05) is 7.11 Å². The van der Waals surface area contributed by atoms with Crippen molar-refractivity contribution in [3.8, 4) is 5.75 Å². The van der Waals surface area contributed by atoms with Gasteiger partial charge in [-0.15, -0.1) is 0 Å². The molecule has 0 aromatic heterocycles. The van der Waals surface area contributed by atoms with Crippen molar-refractivity contribution in [1.29, 1.82) is 0 Å². The van der Waals surface area contributed by atoms with E-state index in [1.54, 1.807) is 7.11 Å². The molecule has 0 bridgehead atoms. The van der Waals surface area contributed by atoms with Crippen LogP contribution in [0.5, 0.6) is 5.75 Å². The van der Waals surface area contributed by atoms with Gasteiger partial charge in [-0.3, -0.25) is 0 Å². The fourth-order valence-corrected chi connectivity index (χ4v) is 2.72. The minimum Gasteiger partial charge on any atom is -0.465 e. The van der Waals surface area contributed by atoms with Crippen molar-refractivity contribution in [3.63, 3.8) is 0 Å². The van der Waals surface area contributed by atoms with E-state index in [-0.39, 0.29) is 6.29 Å². The molecule has 114 valence electrons. The molecule has 0 N–H and O–H groups in total. The second-order valence-corrected chi connectivity index (χ2v) is 7.11. The van der Waals surface area contributed by atoms with Gasteiger partial charge in [-0.25, -0.2) is 0 Å². The van der Waals surface area contributed by atoms with E-state index >= 15 is 0 Å². The van der Waals surface area contributed by atoms with E-state index in [0.717, 1.165) is 12.2 Å². The zero-order valence-corrected chi connectivity index (χ0v) is 15.3. The Hall–Kier alpha value is -0.810. The quantitative estimate of drug-likeness (QED) is 0.351. The Morgan fingerprint density at radius 3 is 2.33 bits per heavy atom. The van der Waals surface area contributed by atoms with Gasteiger partial charge < -0.3 is 9.47 Å². The third-order valence-electron chi connectivity index (χ3n) is 3.58. The summed E-state index contributed by atoms with van der Waals surface area (Å²) in [7, 11) is 1.68. The van der Waals surface area contributed by atoms with Gasteiger partial charge in [0.1, 0.15) is 5.75 Å². The van der Waals surface area contributed by atoms with Crippen LogP contribution in [0.25, 0.3) is 10.8 Å². The van der Waals surface area contributed by atoms with Crippen LogP contribution >= 0.6 is 22.6 Å². The summed E-state index contributed by atoms with van der Waals surface area (Å²) in [6, 6.07) is 12.9. The first-order valence-electron chi connectivity index (χ1n) is 7.42. The Kier molecular flexibility index (Phi) is 5.88. The van der Waals surface area contributed by atoms with E-state index in [2.05, 4.69) is 73.7 Å². The summed E-state index contributed by atoms with van der Waals surface area (Å²) < 4.78 is 11.8. The van der Waals surface area contributed by atoms with Crippen LogP contribution < -0.4 is 4.74 Å². The molecule has 0 aliphatic carbocycles. The van der Waals surface area contributed by atoms with Gasteiger partial charge in [0, 0.05) is 17.0 Å². The predicted octanol–water partition coefficient (Wildman–Crippen LogP) is 5.73. The van der Waals surface area contributed by atoms with Crippen molar-refractivity contribution >= 4 is 33.4 Å². The summed E-state index contributed by atoms with van der Waals surface area (Å²) in [5.74, 6) is 1.18. The second kappa shape index (κ2) is 7.45. The number of ether oxygens (including phenoxy) is 2. The molecule has 0 saturated carbocycles. The standard InChI is InChI=1S/C18H23IO2/c1-5-17(19)15-7-6-14-11-16(9-8-13(14)10-15)21-18(20-4)12(2)3/h6-12,17-18H,5H2,1-4H3. The van der Waals surface area contributed by atoms with Crippen LogP contribution in [0.1, 0.15) is 36.7 Å². The minimum atomic E-state index is -0.208. The highest BCUT2D eigenvalue weighted by Gasteiger charge is 2.14. The maximum atomic E-state index is 5.91. The van der Waals surface area contributed by atoms with Crippen LogP contribution in [-0.2, 0) is 4.74 Å². The van der Waals surface area contributed by atoms with Crippen molar-refractivity contribution in [1.82, 2.24) is 0 Å². The number of alkyl halides is 1. The van der Waals surface area contributed by atoms with Crippen molar-refractivity contribution in [2.45, 2.75) is 37.4 Å². The molecule has 0 aliphatic heterocycles. The molecular formula is C18H23IO2. The van der Waals surface area contributed by atoms with Crippen LogP contribution in [0, 0.1) is 5.92 Å². The van der Waals surface area contributed by atoms with Crippen LogP contribution in [0.15, 0.2) is 36.4 Å². The normalized spacial score (nSPS) is 14.4. The summed E-state index contributed by atoms with van der Waals surface area (Å²) >= 11 is 2.50. The highest BCUT2D eigenvalue weighted by Crippen LogP contribution is 2.30. The molecule has 0 spiro atoms. The lowest BCUT2D eigenvalue weighted by molar-refractivity contribution is -0.0833. The van der Waals surface area contributed by atoms with Crippen LogP contribution in [0.3, 0.4) is 0 Å². The van der Waals surface area contributed by atoms with Crippen LogP contribution in [0.2, 0.25) is 0 Å².